The number of amidine groups is 1. The SMILES string of the molecule is NC1=NC2CCC(Cl)CC2C1(O)C1CCCCC1OC1CC1. The molecule has 0 aromatic heterocycles. The summed E-state index contributed by atoms with van der Waals surface area (Å²) in [5.41, 5.74) is 5.26. The second-order valence-electron chi connectivity index (χ2n) is 7.69. The molecule has 0 saturated heterocycles. The lowest BCUT2D eigenvalue weighted by atomic mass is 9.65. The lowest BCUT2D eigenvalue weighted by molar-refractivity contribution is -0.110. The summed E-state index contributed by atoms with van der Waals surface area (Å²) in [6.45, 7) is 0. The second kappa shape index (κ2) is 5.64. The first-order chi connectivity index (χ1) is 10.6. The van der Waals surface area contributed by atoms with Crippen LogP contribution >= 0.6 is 11.6 Å². The van der Waals surface area contributed by atoms with Gasteiger partial charge in [0.05, 0.1) is 18.2 Å². The molecule has 22 heavy (non-hydrogen) atoms. The quantitative estimate of drug-likeness (QED) is 0.783. The van der Waals surface area contributed by atoms with Crippen LogP contribution < -0.4 is 5.73 Å². The average molecular weight is 327 g/mol. The van der Waals surface area contributed by atoms with Crippen molar-refractivity contribution in [1.82, 2.24) is 0 Å². The normalized spacial score (nSPS) is 48.8. The molecule has 4 aliphatic rings. The van der Waals surface area contributed by atoms with Gasteiger partial charge in [-0.25, -0.2) is 0 Å². The van der Waals surface area contributed by atoms with Crippen LogP contribution in [0.4, 0.5) is 0 Å². The highest BCUT2D eigenvalue weighted by molar-refractivity contribution is 6.20. The molecule has 4 nitrogen and oxygen atoms in total. The van der Waals surface area contributed by atoms with Crippen LogP contribution in [0.3, 0.4) is 0 Å². The number of hydrogen-bond acceptors (Lipinski definition) is 4. The molecule has 1 heterocycles. The molecule has 5 heteroatoms. The number of nitrogens with zero attached hydrogens (tertiary/aromatic N) is 1. The molecule has 3 saturated carbocycles. The number of alkyl halides is 1. The monoisotopic (exact) mass is 326 g/mol. The third-order valence-corrected chi connectivity index (χ3v) is 6.59. The fourth-order valence-electron chi connectivity index (χ4n) is 4.88. The van der Waals surface area contributed by atoms with E-state index in [0.717, 1.165) is 38.5 Å². The minimum Gasteiger partial charge on any atom is -0.385 e. The van der Waals surface area contributed by atoms with Gasteiger partial charge in [0.2, 0.25) is 0 Å². The summed E-state index contributed by atoms with van der Waals surface area (Å²) in [4.78, 5) is 4.63. The van der Waals surface area contributed by atoms with Gasteiger partial charge in [0.25, 0.3) is 0 Å². The molecule has 0 bridgehead atoms. The van der Waals surface area contributed by atoms with Crippen molar-refractivity contribution in [3.63, 3.8) is 0 Å². The van der Waals surface area contributed by atoms with E-state index in [2.05, 4.69) is 4.99 Å². The number of aliphatic imine (C=N–C) groups is 1. The molecule has 0 spiro atoms. The van der Waals surface area contributed by atoms with Crippen molar-refractivity contribution < 1.29 is 9.84 Å². The van der Waals surface area contributed by atoms with Gasteiger partial charge < -0.3 is 15.6 Å². The Hall–Kier alpha value is -0.320. The minimum absolute atomic E-state index is 0.0807. The molecule has 4 rings (SSSR count). The van der Waals surface area contributed by atoms with E-state index < -0.39 is 5.60 Å². The van der Waals surface area contributed by atoms with E-state index >= 15 is 0 Å². The van der Waals surface area contributed by atoms with Gasteiger partial charge in [-0.2, -0.15) is 0 Å². The molecule has 1 aliphatic heterocycles. The van der Waals surface area contributed by atoms with Crippen LogP contribution in [0.5, 0.6) is 0 Å². The smallest absolute Gasteiger partial charge is 0.131 e. The topological polar surface area (TPSA) is 67.8 Å². The number of fused-ring (bicyclic) bond motifs is 1. The Morgan fingerprint density at radius 2 is 1.86 bits per heavy atom. The number of rotatable bonds is 3. The van der Waals surface area contributed by atoms with Crippen LogP contribution in [-0.2, 0) is 4.74 Å². The van der Waals surface area contributed by atoms with Crippen molar-refractivity contribution >= 4 is 17.4 Å². The summed E-state index contributed by atoms with van der Waals surface area (Å²) in [6.07, 6.45) is 9.98. The Morgan fingerprint density at radius 3 is 2.64 bits per heavy atom. The van der Waals surface area contributed by atoms with E-state index in [9.17, 15) is 5.11 Å². The van der Waals surface area contributed by atoms with E-state index in [4.69, 9.17) is 22.1 Å². The molecule has 3 fully saturated rings. The number of halogens is 1. The molecule has 0 amide bonds. The van der Waals surface area contributed by atoms with E-state index in [1.165, 1.54) is 19.3 Å². The van der Waals surface area contributed by atoms with Crippen molar-refractivity contribution in [2.75, 3.05) is 0 Å². The zero-order chi connectivity index (χ0) is 15.3. The first-order valence-corrected chi connectivity index (χ1v) is 9.38. The fraction of sp³-hybridized carbons (Fsp3) is 0.941. The largest absolute Gasteiger partial charge is 0.385 e. The maximum Gasteiger partial charge on any atom is 0.131 e. The zero-order valence-corrected chi connectivity index (χ0v) is 13.8. The van der Waals surface area contributed by atoms with Gasteiger partial charge in [0, 0.05) is 17.2 Å². The molecule has 6 atom stereocenters. The lowest BCUT2D eigenvalue weighted by Crippen LogP contribution is -2.59. The third-order valence-electron chi connectivity index (χ3n) is 6.19. The molecular formula is C17H27ClN2O2. The van der Waals surface area contributed by atoms with Crippen molar-refractivity contribution in [2.45, 2.75) is 87.0 Å². The van der Waals surface area contributed by atoms with Gasteiger partial charge in [-0.05, 0) is 44.9 Å². The van der Waals surface area contributed by atoms with Gasteiger partial charge in [-0.3, -0.25) is 4.99 Å². The molecule has 3 aliphatic carbocycles. The highest BCUT2D eigenvalue weighted by atomic mass is 35.5. The maximum atomic E-state index is 11.6. The summed E-state index contributed by atoms with van der Waals surface area (Å²) < 4.78 is 6.24. The number of ether oxygens (including phenoxy) is 1. The average Bonchev–Trinajstić information content (AvgIpc) is 3.28. The van der Waals surface area contributed by atoms with Gasteiger partial charge in [0.1, 0.15) is 11.4 Å². The van der Waals surface area contributed by atoms with Crippen molar-refractivity contribution in [1.29, 1.82) is 0 Å². The maximum absolute atomic E-state index is 11.6. The van der Waals surface area contributed by atoms with E-state index in [0.29, 0.717) is 11.9 Å². The Bertz CT molecular complexity index is 468. The Balaban J connectivity index is 1.60. The zero-order valence-electron chi connectivity index (χ0n) is 13.1. The summed E-state index contributed by atoms with van der Waals surface area (Å²) in [5.74, 6) is 0.615. The van der Waals surface area contributed by atoms with Crippen molar-refractivity contribution in [3.05, 3.63) is 0 Å². The predicted octanol–water partition coefficient (Wildman–Crippen LogP) is 2.60. The first-order valence-electron chi connectivity index (χ1n) is 8.94. The molecule has 3 N–H and O–H groups in total. The number of aliphatic hydroxyl groups is 1. The van der Waals surface area contributed by atoms with Crippen molar-refractivity contribution in [3.8, 4) is 0 Å². The summed E-state index contributed by atoms with van der Waals surface area (Å²) in [7, 11) is 0. The molecule has 0 radical (unpaired) electrons. The fourth-order valence-corrected chi connectivity index (χ4v) is 5.20. The highest BCUT2D eigenvalue weighted by Gasteiger charge is 2.58. The summed E-state index contributed by atoms with van der Waals surface area (Å²) in [5, 5.41) is 11.7. The number of nitrogens with two attached hydrogens (primary N) is 1. The van der Waals surface area contributed by atoms with Crippen LogP contribution in [0.25, 0.3) is 0 Å². The van der Waals surface area contributed by atoms with Gasteiger partial charge >= 0.3 is 0 Å². The van der Waals surface area contributed by atoms with Gasteiger partial charge in [-0.15, -0.1) is 11.6 Å². The van der Waals surface area contributed by atoms with Gasteiger partial charge in [0.15, 0.2) is 0 Å². The molecule has 0 aromatic rings. The van der Waals surface area contributed by atoms with E-state index in [1.54, 1.807) is 0 Å². The summed E-state index contributed by atoms with van der Waals surface area (Å²) >= 11 is 6.39. The first kappa shape index (κ1) is 15.2. The van der Waals surface area contributed by atoms with Crippen LogP contribution in [0.2, 0.25) is 0 Å². The Kier molecular flexibility index (Phi) is 3.90. The molecule has 0 aromatic carbocycles. The Labute approximate surface area is 137 Å². The third kappa shape index (κ3) is 2.47. The highest BCUT2D eigenvalue weighted by Crippen LogP contribution is 2.49. The van der Waals surface area contributed by atoms with Gasteiger partial charge in [-0.1, -0.05) is 12.8 Å². The van der Waals surface area contributed by atoms with E-state index in [1.807, 2.05) is 0 Å². The molecular weight excluding hydrogens is 300 g/mol. The number of hydrogen-bond donors (Lipinski definition) is 2. The van der Waals surface area contributed by atoms with Crippen LogP contribution in [-0.4, -0.2) is 40.2 Å². The minimum atomic E-state index is -1.00. The van der Waals surface area contributed by atoms with Crippen LogP contribution in [0.1, 0.15) is 57.8 Å². The molecule has 6 unspecified atom stereocenters. The lowest BCUT2D eigenvalue weighted by Gasteiger charge is -2.46. The Morgan fingerprint density at radius 1 is 1.09 bits per heavy atom. The second-order valence-corrected chi connectivity index (χ2v) is 8.31. The predicted molar refractivity (Wildman–Crippen MR) is 87.2 cm³/mol. The summed E-state index contributed by atoms with van der Waals surface area (Å²) in [6, 6.07) is 0.156. The van der Waals surface area contributed by atoms with Crippen LogP contribution in [0, 0.1) is 11.8 Å². The molecule has 124 valence electrons. The van der Waals surface area contributed by atoms with Crippen molar-refractivity contribution in [2.24, 2.45) is 22.6 Å². The van der Waals surface area contributed by atoms with E-state index in [-0.39, 0.29) is 29.4 Å². The van der Waals surface area contributed by atoms with Crippen LogP contribution in [0.15, 0.2) is 4.99 Å². The standard InChI is InChI=1S/C17H27ClN2O2/c18-10-5-8-14-13(9-10)17(21,16(19)20-14)12-3-1-2-4-15(12)22-11-6-7-11/h10-15,21H,1-9H2,(H2,19,20).